The Hall–Kier alpha value is -1.32. The molecule has 1 N–H and O–H groups in total. The molecule has 0 spiro atoms. The van der Waals surface area contributed by atoms with Crippen LogP contribution in [-0.4, -0.2) is 29.1 Å². The van der Waals surface area contributed by atoms with Crippen LogP contribution in [0.4, 0.5) is 11.8 Å². The predicted molar refractivity (Wildman–Crippen MR) is 76.1 cm³/mol. The van der Waals surface area contributed by atoms with Gasteiger partial charge in [0, 0.05) is 30.9 Å². The number of nitrogens with zero attached hydrogens (tertiary/aromatic N) is 3. The summed E-state index contributed by atoms with van der Waals surface area (Å²) < 4.78 is 0. The lowest BCUT2D eigenvalue weighted by Crippen LogP contribution is -2.40. The minimum atomic E-state index is 0.567. The first-order valence-corrected chi connectivity index (χ1v) is 6.96. The Bertz CT molecular complexity index is 405. The number of nitrogens with one attached hydrogen (secondary N) is 1. The summed E-state index contributed by atoms with van der Waals surface area (Å²) >= 11 is 0. The van der Waals surface area contributed by atoms with Crippen molar-refractivity contribution in [2.45, 2.75) is 46.6 Å². The van der Waals surface area contributed by atoms with Crippen LogP contribution in [0.15, 0.2) is 6.07 Å². The predicted octanol–water partition coefficient (Wildman–Crippen LogP) is 2.84. The smallest absolute Gasteiger partial charge is 0.224 e. The molecule has 2 heterocycles. The first-order chi connectivity index (χ1) is 8.60. The molecule has 0 bridgehead atoms. The van der Waals surface area contributed by atoms with E-state index in [4.69, 9.17) is 0 Å². The van der Waals surface area contributed by atoms with Crippen LogP contribution in [0.25, 0.3) is 0 Å². The molecule has 1 aromatic heterocycles. The van der Waals surface area contributed by atoms with Crippen LogP contribution >= 0.6 is 0 Å². The molecule has 0 radical (unpaired) electrons. The molecule has 1 aliphatic rings. The largest absolute Gasteiger partial charge is 0.354 e. The summed E-state index contributed by atoms with van der Waals surface area (Å²) in [5.41, 5.74) is 1.03. The molecule has 4 heteroatoms. The lowest BCUT2D eigenvalue weighted by Gasteiger charge is -2.37. The van der Waals surface area contributed by atoms with Crippen LogP contribution in [-0.2, 0) is 0 Å². The third-order valence-electron chi connectivity index (χ3n) is 3.61. The van der Waals surface area contributed by atoms with Gasteiger partial charge >= 0.3 is 0 Å². The Labute approximate surface area is 110 Å². The van der Waals surface area contributed by atoms with Gasteiger partial charge in [0.15, 0.2) is 0 Å². The van der Waals surface area contributed by atoms with E-state index in [0.29, 0.717) is 6.04 Å². The topological polar surface area (TPSA) is 41.1 Å². The van der Waals surface area contributed by atoms with Crippen LogP contribution in [0.1, 0.15) is 39.3 Å². The van der Waals surface area contributed by atoms with Crippen molar-refractivity contribution in [2.24, 2.45) is 5.92 Å². The van der Waals surface area contributed by atoms with E-state index in [1.54, 1.807) is 0 Å². The quantitative estimate of drug-likeness (QED) is 0.893. The Balaban J connectivity index is 2.21. The van der Waals surface area contributed by atoms with Crippen molar-refractivity contribution < 1.29 is 0 Å². The maximum absolute atomic E-state index is 4.63. The van der Waals surface area contributed by atoms with Gasteiger partial charge in [-0.25, -0.2) is 4.98 Å². The zero-order valence-electron chi connectivity index (χ0n) is 11.9. The van der Waals surface area contributed by atoms with Crippen molar-refractivity contribution in [2.75, 3.05) is 23.3 Å². The van der Waals surface area contributed by atoms with Crippen LogP contribution in [0.2, 0.25) is 0 Å². The second-order valence-electron chi connectivity index (χ2n) is 5.39. The molecule has 2 atom stereocenters. The standard InChI is InChI=1S/C14H24N4/c1-5-15-14-16-11(3)9-13(17-14)18-7-6-10(2)8-12(18)4/h9-10,12H,5-8H2,1-4H3,(H,15,16,17). The molecule has 0 aliphatic carbocycles. The lowest BCUT2D eigenvalue weighted by molar-refractivity contribution is 0.376. The third-order valence-corrected chi connectivity index (χ3v) is 3.61. The molecule has 0 amide bonds. The highest BCUT2D eigenvalue weighted by atomic mass is 15.2. The molecule has 1 saturated heterocycles. The van der Waals surface area contributed by atoms with E-state index >= 15 is 0 Å². The Kier molecular flexibility index (Phi) is 4.04. The van der Waals surface area contributed by atoms with Crippen LogP contribution in [0.3, 0.4) is 0 Å². The van der Waals surface area contributed by atoms with E-state index in [9.17, 15) is 0 Å². The average Bonchev–Trinajstić information content (AvgIpc) is 2.28. The second-order valence-corrected chi connectivity index (χ2v) is 5.39. The minimum absolute atomic E-state index is 0.567. The fourth-order valence-corrected chi connectivity index (χ4v) is 2.68. The summed E-state index contributed by atoms with van der Waals surface area (Å²) in [4.78, 5) is 11.4. The van der Waals surface area contributed by atoms with E-state index in [0.717, 1.165) is 36.5 Å². The van der Waals surface area contributed by atoms with Crippen molar-refractivity contribution >= 4 is 11.8 Å². The zero-order valence-corrected chi connectivity index (χ0v) is 11.9. The first-order valence-electron chi connectivity index (χ1n) is 6.96. The summed E-state index contributed by atoms with van der Waals surface area (Å²) in [6.45, 7) is 10.7. The fraction of sp³-hybridized carbons (Fsp3) is 0.714. The van der Waals surface area contributed by atoms with Gasteiger partial charge in [-0.05, 0) is 39.5 Å². The molecule has 4 nitrogen and oxygen atoms in total. The highest BCUT2D eigenvalue weighted by molar-refractivity contribution is 5.46. The van der Waals surface area contributed by atoms with Crippen molar-refractivity contribution in [3.63, 3.8) is 0 Å². The molecule has 0 saturated carbocycles. The van der Waals surface area contributed by atoms with Gasteiger partial charge in [0.25, 0.3) is 0 Å². The molecule has 2 rings (SSSR count). The maximum atomic E-state index is 4.63. The second kappa shape index (κ2) is 5.55. The van der Waals surface area contributed by atoms with Gasteiger partial charge in [-0.1, -0.05) is 6.92 Å². The van der Waals surface area contributed by atoms with Gasteiger partial charge in [0.05, 0.1) is 0 Å². The molecule has 1 aliphatic heterocycles. The van der Waals surface area contributed by atoms with Crippen molar-refractivity contribution in [1.29, 1.82) is 0 Å². The van der Waals surface area contributed by atoms with Gasteiger partial charge in [-0.15, -0.1) is 0 Å². The van der Waals surface area contributed by atoms with Crippen LogP contribution < -0.4 is 10.2 Å². The Morgan fingerprint density at radius 2 is 2.17 bits per heavy atom. The van der Waals surface area contributed by atoms with Crippen molar-refractivity contribution in [3.8, 4) is 0 Å². The molecular weight excluding hydrogens is 224 g/mol. The number of hydrogen-bond donors (Lipinski definition) is 1. The van der Waals surface area contributed by atoms with E-state index in [1.165, 1.54) is 12.8 Å². The summed E-state index contributed by atoms with van der Waals surface area (Å²) in [5, 5.41) is 3.20. The summed E-state index contributed by atoms with van der Waals surface area (Å²) in [5.74, 6) is 2.64. The number of rotatable bonds is 3. The third kappa shape index (κ3) is 2.92. The summed E-state index contributed by atoms with van der Waals surface area (Å²) in [6.07, 6.45) is 2.50. The highest BCUT2D eigenvalue weighted by Crippen LogP contribution is 2.27. The van der Waals surface area contributed by atoms with E-state index in [-0.39, 0.29) is 0 Å². The summed E-state index contributed by atoms with van der Waals surface area (Å²) in [7, 11) is 0. The zero-order chi connectivity index (χ0) is 13.1. The number of aryl methyl sites for hydroxylation is 1. The van der Waals surface area contributed by atoms with Gasteiger partial charge in [-0.2, -0.15) is 4.98 Å². The number of hydrogen-bond acceptors (Lipinski definition) is 4. The number of piperidine rings is 1. The molecule has 100 valence electrons. The average molecular weight is 248 g/mol. The highest BCUT2D eigenvalue weighted by Gasteiger charge is 2.24. The number of anilines is 2. The summed E-state index contributed by atoms with van der Waals surface area (Å²) in [6, 6.07) is 2.66. The van der Waals surface area contributed by atoms with Gasteiger partial charge < -0.3 is 10.2 Å². The molecule has 1 aromatic rings. The maximum Gasteiger partial charge on any atom is 0.224 e. The minimum Gasteiger partial charge on any atom is -0.354 e. The van der Waals surface area contributed by atoms with E-state index in [2.05, 4.69) is 47.0 Å². The lowest BCUT2D eigenvalue weighted by atomic mass is 9.93. The van der Waals surface area contributed by atoms with Gasteiger partial charge in [-0.3, -0.25) is 0 Å². The van der Waals surface area contributed by atoms with Gasteiger partial charge in [0.2, 0.25) is 5.95 Å². The van der Waals surface area contributed by atoms with Crippen LogP contribution in [0, 0.1) is 12.8 Å². The first kappa shape index (κ1) is 13.1. The van der Waals surface area contributed by atoms with E-state index in [1.807, 2.05) is 6.92 Å². The van der Waals surface area contributed by atoms with Crippen LogP contribution in [0.5, 0.6) is 0 Å². The van der Waals surface area contributed by atoms with Crippen molar-refractivity contribution in [3.05, 3.63) is 11.8 Å². The van der Waals surface area contributed by atoms with Crippen molar-refractivity contribution in [1.82, 2.24) is 9.97 Å². The fourth-order valence-electron chi connectivity index (χ4n) is 2.68. The molecule has 1 fully saturated rings. The SMILES string of the molecule is CCNc1nc(C)cc(N2CCC(C)CC2C)n1. The molecule has 0 aromatic carbocycles. The Morgan fingerprint density at radius 1 is 1.39 bits per heavy atom. The Morgan fingerprint density at radius 3 is 2.83 bits per heavy atom. The molecule has 18 heavy (non-hydrogen) atoms. The monoisotopic (exact) mass is 248 g/mol. The number of aromatic nitrogens is 2. The van der Waals surface area contributed by atoms with Gasteiger partial charge in [0.1, 0.15) is 5.82 Å². The molecular formula is C14H24N4. The normalized spacial score (nSPS) is 24.1. The van der Waals surface area contributed by atoms with E-state index < -0.39 is 0 Å². The molecule has 2 unspecified atom stereocenters.